The summed E-state index contributed by atoms with van der Waals surface area (Å²) in [6, 6.07) is 5.60. The van der Waals surface area contributed by atoms with Gasteiger partial charge in [0.2, 0.25) is 5.91 Å². The van der Waals surface area contributed by atoms with Crippen molar-refractivity contribution in [3.63, 3.8) is 0 Å². The van der Waals surface area contributed by atoms with Crippen LogP contribution in [0, 0.1) is 5.92 Å². The molecule has 6 heteroatoms. The molecule has 1 saturated heterocycles. The number of carbonyl (C=O) groups excluding carboxylic acids is 1. The number of fused-ring (bicyclic) bond motifs is 1. The third-order valence-electron chi connectivity index (χ3n) is 3.80. The molecule has 1 aliphatic rings. The third kappa shape index (κ3) is 3.26. The standard InChI is InChI=1S/C16H16BrClN2O2/c1-16(2)6-11(8-22-16)15(21)20-14-5-9-3-12(17)13(18)4-10(9)7-19-14/h3-5,7,11H,6,8H2,1-2H3,(H,19,20,21). The summed E-state index contributed by atoms with van der Waals surface area (Å²) in [6.07, 6.45) is 2.42. The maximum Gasteiger partial charge on any atom is 0.231 e. The maximum atomic E-state index is 12.3. The highest BCUT2D eigenvalue weighted by atomic mass is 79.9. The number of hydrogen-bond acceptors (Lipinski definition) is 3. The molecule has 0 radical (unpaired) electrons. The van der Waals surface area contributed by atoms with Gasteiger partial charge < -0.3 is 10.1 Å². The van der Waals surface area contributed by atoms with Crippen molar-refractivity contribution in [1.82, 2.24) is 4.98 Å². The lowest BCUT2D eigenvalue weighted by molar-refractivity contribution is -0.119. The van der Waals surface area contributed by atoms with Crippen LogP contribution < -0.4 is 5.32 Å². The molecule has 0 aliphatic carbocycles. The zero-order valence-electron chi connectivity index (χ0n) is 12.3. The molecule has 1 aromatic heterocycles. The smallest absolute Gasteiger partial charge is 0.231 e. The van der Waals surface area contributed by atoms with Crippen molar-refractivity contribution in [1.29, 1.82) is 0 Å². The normalized spacial score (nSPS) is 20.3. The van der Waals surface area contributed by atoms with E-state index >= 15 is 0 Å². The number of ether oxygens (including phenoxy) is 1. The van der Waals surface area contributed by atoms with Crippen molar-refractivity contribution >= 4 is 50.0 Å². The number of pyridine rings is 1. The van der Waals surface area contributed by atoms with Crippen LogP contribution in [0.2, 0.25) is 5.02 Å². The second-order valence-corrected chi connectivity index (χ2v) is 7.41. The Morgan fingerprint density at radius 1 is 1.41 bits per heavy atom. The molecule has 1 amide bonds. The van der Waals surface area contributed by atoms with Crippen LogP contribution in [0.5, 0.6) is 0 Å². The molecule has 1 aromatic carbocycles. The lowest BCUT2D eigenvalue weighted by Crippen LogP contribution is -2.24. The van der Waals surface area contributed by atoms with Gasteiger partial charge in [0, 0.05) is 16.1 Å². The number of benzene rings is 1. The van der Waals surface area contributed by atoms with Crippen LogP contribution in [0.15, 0.2) is 28.9 Å². The molecule has 3 rings (SSSR count). The molecule has 1 unspecified atom stereocenters. The third-order valence-corrected chi connectivity index (χ3v) is 4.99. The summed E-state index contributed by atoms with van der Waals surface area (Å²) in [5.74, 6) is 0.353. The number of hydrogen-bond donors (Lipinski definition) is 1. The molecule has 1 N–H and O–H groups in total. The van der Waals surface area contributed by atoms with E-state index in [-0.39, 0.29) is 17.4 Å². The molecule has 1 atom stereocenters. The van der Waals surface area contributed by atoms with Gasteiger partial charge in [-0.3, -0.25) is 4.79 Å². The van der Waals surface area contributed by atoms with Gasteiger partial charge in [0.15, 0.2) is 0 Å². The zero-order chi connectivity index (χ0) is 15.9. The minimum atomic E-state index is -0.236. The topological polar surface area (TPSA) is 51.2 Å². The summed E-state index contributed by atoms with van der Waals surface area (Å²) >= 11 is 9.47. The number of aromatic nitrogens is 1. The van der Waals surface area contributed by atoms with Gasteiger partial charge in [0.1, 0.15) is 5.82 Å². The van der Waals surface area contributed by atoms with Gasteiger partial charge in [-0.2, -0.15) is 0 Å². The van der Waals surface area contributed by atoms with Crippen molar-refractivity contribution in [3.05, 3.63) is 33.9 Å². The fraction of sp³-hybridized carbons (Fsp3) is 0.375. The SMILES string of the molecule is CC1(C)CC(C(=O)Nc2cc3cc(Br)c(Cl)cc3cn2)CO1. The van der Waals surface area contributed by atoms with Crippen molar-refractivity contribution < 1.29 is 9.53 Å². The summed E-state index contributed by atoms with van der Waals surface area (Å²) in [7, 11) is 0. The highest BCUT2D eigenvalue weighted by Crippen LogP contribution is 2.31. The molecule has 116 valence electrons. The molecule has 0 bridgehead atoms. The van der Waals surface area contributed by atoms with Crippen molar-refractivity contribution in [2.45, 2.75) is 25.9 Å². The summed E-state index contributed by atoms with van der Waals surface area (Å²) in [4.78, 5) is 16.6. The molecular weight excluding hydrogens is 368 g/mol. The molecule has 1 fully saturated rings. The van der Waals surface area contributed by atoms with E-state index in [1.165, 1.54) is 0 Å². The molecule has 0 saturated carbocycles. The second kappa shape index (κ2) is 5.80. The Bertz CT molecular complexity index is 748. The molecule has 1 aliphatic heterocycles. The summed E-state index contributed by atoms with van der Waals surface area (Å²) < 4.78 is 6.42. The maximum absolute atomic E-state index is 12.3. The second-order valence-electron chi connectivity index (χ2n) is 6.14. The fourth-order valence-electron chi connectivity index (χ4n) is 2.64. The average Bonchev–Trinajstić information content (AvgIpc) is 2.81. The minimum absolute atomic E-state index is 0.0505. The largest absolute Gasteiger partial charge is 0.375 e. The van der Waals surface area contributed by atoms with Crippen LogP contribution >= 0.6 is 27.5 Å². The summed E-state index contributed by atoms with van der Waals surface area (Å²) in [6.45, 7) is 4.44. The van der Waals surface area contributed by atoms with Gasteiger partial charge in [-0.15, -0.1) is 0 Å². The number of halogens is 2. The van der Waals surface area contributed by atoms with Crippen LogP contribution in [0.25, 0.3) is 10.8 Å². The Kier molecular flexibility index (Phi) is 4.14. The number of nitrogens with zero attached hydrogens (tertiary/aromatic N) is 1. The summed E-state index contributed by atoms with van der Waals surface area (Å²) in [5, 5.41) is 5.39. The van der Waals surface area contributed by atoms with Crippen molar-refractivity contribution in [3.8, 4) is 0 Å². The van der Waals surface area contributed by atoms with Gasteiger partial charge in [-0.05, 0) is 59.8 Å². The average molecular weight is 384 g/mol. The predicted octanol–water partition coefficient (Wildman–Crippen LogP) is 4.40. The highest BCUT2D eigenvalue weighted by Gasteiger charge is 2.36. The number of rotatable bonds is 2. The number of nitrogens with one attached hydrogen (secondary N) is 1. The van der Waals surface area contributed by atoms with Crippen LogP contribution in [0.3, 0.4) is 0 Å². The molecule has 22 heavy (non-hydrogen) atoms. The Morgan fingerprint density at radius 2 is 2.18 bits per heavy atom. The first-order valence-corrected chi connectivity index (χ1v) is 8.21. The number of anilines is 1. The van der Waals surface area contributed by atoms with E-state index in [0.717, 1.165) is 15.2 Å². The van der Waals surface area contributed by atoms with E-state index in [0.29, 0.717) is 23.9 Å². The van der Waals surface area contributed by atoms with Crippen LogP contribution in [0.1, 0.15) is 20.3 Å². The van der Waals surface area contributed by atoms with E-state index in [9.17, 15) is 4.79 Å². The van der Waals surface area contributed by atoms with Crippen LogP contribution in [-0.2, 0) is 9.53 Å². The molecule has 0 spiro atoms. The number of amides is 1. The van der Waals surface area contributed by atoms with Crippen molar-refractivity contribution in [2.75, 3.05) is 11.9 Å². The Labute approximate surface area is 142 Å². The lowest BCUT2D eigenvalue weighted by Gasteiger charge is -2.15. The first-order chi connectivity index (χ1) is 10.3. The van der Waals surface area contributed by atoms with E-state index in [1.54, 1.807) is 6.20 Å². The van der Waals surface area contributed by atoms with Crippen molar-refractivity contribution in [2.24, 2.45) is 5.92 Å². The van der Waals surface area contributed by atoms with E-state index < -0.39 is 0 Å². The van der Waals surface area contributed by atoms with Gasteiger partial charge in [0.25, 0.3) is 0 Å². The zero-order valence-corrected chi connectivity index (χ0v) is 14.7. The quantitative estimate of drug-likeness (QED) is 0.836. The van der Waals surface area contributed by atoms with Gasteiger partial charge in [-0.1, -0.05) is 11.6 Å². The Balaban J connectivity index is 1.79. The molecule has 2 aromatic rings. The molecule has 2 heterocycles. The highest BCUT2D eigenvalue weighted by molar-refractivity contribution is 9.10. The van der Waals surface area contributed by atoms with Gasteiger partial charge >= 0.3 is 0 Å². The predicted molar refractivity (Wildman–Crippen MR) is 91.2 cm³/mol. The number of carbonyl (C=O) groups is 1. The summed E-state index contributed by atoms with van der Waals surface area (Å²) in [5.41, 5.74) is -0.236. The van der Waals surface area contributed by atoms with Gasteiger partial charge in [0.05, 0.1) is 23.1 Å². The van der Waals surface area contributed by atoms with Gasteiger partial charge in [-0.25, -0.2) is 4.98 Å². The van der Waals surface area contributed by atoms with Crippen LogP contribution in [-0.4, -0.2) is 23.1 Å². The van der Waals surface area contributed by atoms with E-state index in [2.05, 4.69) is 26.2 Å². The lowest BCUT2D eigenvalue weighted by atomic mass is 9.97. The monoisotopic (exact) mass is 382 g/mol. The van der Waals surface area contributed by atoms with E-state index in [1.807, 2.05) is 32.0 Å². The fourth-order valence-corrected chi connectivity index (χ4v) is 3.17. The molecule has 4 nitrogen and oxygen atoms in total. The minimum Gasteiger partial charge on any atom is -0.375 e. The molecular formula is C16H16BrClN2O2. The Morgan fingerprint density at radius 3 is 2.86 bits per heavy atom. The van der Waals surface area contributed by atoms with E-state index in [4.69, 9.17) is 16.3 Å². The Hall–Kier alpha value is -1.17. The first-order valence-electron chi connectivity index (χ1n) is 7.04. The van der Waals surface area contributed by atoms with Crippen LogP contribution in [0.4, 0.5) is 5.82 Å². The first kappa shape index (κ1) is 15.7.